The summed E-state index contributed by atoms with van der Waals surface area (Å²) in [4.78, 5) is 39.4. The largest absolute Gasteiger partial charge is 0.350 e. The molecule has 0 spiro atoms. The van der Waals surface area contributed by atoms with Gasteiger partial charge in [0.15, 0.2) is 0 Å². The maximum Gasteiger partial charge on any atom is 0.283 e. The summed E-state index contributed by atoms with van der Waals surface area (Å²) in [5, 5.41) is 5.55. The Balaban J connectivity index is 1.52. The van der Waals surface area contributed by atoms with Crippen LogP contribution in [0.5, 0.6) is 0 Å². The molecule has 0 aliphatic carbocycles. The summed E-state index contributed by atoms with van der Waals surface area (Å²) in [6.07, 6.45) is 0.849. The lowest BCUT2D eigenvalue weighted by atomic mass is 10.1. The van der Waals surface area contributed by atoms with Gasteiger partial charge in [-0.05, 0) is 61.4 Å². The quantitative estimate of drug-likeness (QED) is 0.494. The third-order valence-corrected chi connectivity index (χ3v) is 5.68. The molecule has 3 aromatic carbocycles. The first-order valence-electron chi connectivity index (χ1n) is 10.5. The molecule has 6 nitrogen and oxygen atoms in total. The number of rotatable bonds is 6. The lowest BCUT2D eigenvalue weighted by molar-refractivity contribution is -0.120. The van der Waals surface area contributed by atoms with Crippen LogP contribution < -0.4 is 15.5 Å². The van der Waals surface area contributed by atoms with Crippen molar-refractivity contribution < 1.29 is 14.4 Å². The Morgan fingerprint density at radius 1 is 0.909 bits per heavy atom. The van der Waals surface area contributed by atoms with E-state index in [4.69, 9.17) is 11.6 Å². The number of carbonyl (C=O) groups excluding carboxylic acids is 3. The average molecular weight is 460 g/mol. The fourth-order valence-corrected chi connectivity index (χ4v) is 3.66. The van der Waals surface area contributed by atoms with Crippen molar-refractivity contribution in [2.24, 2.45) is 0 Å². The molecule has 0 atom stereocenters. The summed E-state index contributed by atoms with van der Waals surface area (Å²) in [5.41, 5.74) is 4.13. The van der Waals surface area contributed by atoms with Crippen LogP contribution in [-0.4, -0.2) is 17.7 Å². The number of hydrogen-bond donors (Lipinski definition) is 2. The Morgan fingerprint density at radius 3 is 2.27 bits per heavy atom. The lowest BCUT2D eigenvalue weighted by Gasteiger charge is -2.15. The maximum atomic E-state index is 13.0. The number of hydrogen-bond acceptors (Lipinski definition) is 4. The molecule has 1 aliphatic heterocycles. The van der Waals surface area contributed by atoms with E-state index in [9.17, 15) is 14.4 Å². The van der Waals surface area contributed by atoms with Crippen LogP contribution in [0.2, 0.25) is 0 Å². The summed E-state index contributed by atoms with van der Waals surface area (Å²) in [6.45, 7) is 3.99. The van der Waals surface area contributed by atoms with Gasteiger partial charge in [-0.25, -0.2) is 4.90 Å². The van der Waals surface area contributed by atoms with Crippen LogP contribution in [0.15, 0.2) is 83.5 Å². The number of nitrogens with one attached hydrogen (secondary N) is 2. The first kappa shape index (κ1) is 22.3. The van der Waals surface area contributed by atoms with Gasteiger partial charge in [0, 0.05) is 16.9 Å². The van der Waals surface area contributed by atoms with Crippen molar-refractivity contribution >= 4 is 46.4 Å². The maximum absolute atomic E-state index is 13.0. The Bertz CT molecular complexity index is 1260. The van der Waals surface area contributed by atoms with Crippen LogP contribution in [0.4, 0.5) is 17.1 Å². The Labute approximate surface area is 196 Å². The predicted molar refractivity (Wildman–Crippen MR) is 130 cm³/mol. The van der Waals surface area contributed by atoms with E-state index in [2.05, 4.69) is 10.6 Å². The van der Waals surface area contributed by atoms with E-state index in [0.717, 1.165) is 22.4 Å². The standard InChI is InChI=1S/C26H22ClN3O3/c1-3-17-9-13-21(14-10-17)30-25(32)22(27)23(26(30)33)28-20-6-4-5-18(15-20)24(31)29-19-11-7-16(2)8-12-19/h4-15,28H,3H2,1-2H3,(H,29,31). The highest BCUT2D eigenvalue weighted by molar-refractivity contribution is 6.53. The molecule has 2 N–H and O–H groups in total. The summed E-state index contributed by atoms with van der Waals surface area (Å²) in [7, 11) is 0. The number of imide groups is 1. The third-order valence-electron chi connectivity index (χ3n) is 5.33. The minimum absolute atomic E-state index is 0.0303. The number of benzene rings is 3. The zero-order chi connectivity index (χ0) is 23.5. The van der Waals surface area contributed by atoms with Gasteiger partial charge in [0.1, 0.15) is 10.7 Å². The SMILES string of the molecule is CCc1ccc(N2C(=O)C(Cl)=C(Nc3cccc(C(=O)Nc4ccc(C)cc4)c3)C2=O)cc1. The number of halogens is 1. The topological polar surface area (TPSA) is 78.5 Å². The molecule has 4 rings (SSSR count). The first-order chi connectivity index (χ1) is 15.9. The van der Waals surface area contributed by atoms with Crippen molar-refractivity contribution in [3.8, 4) is 0 Å². The fourth-order valence-electron chi connectivity index (χ4n) is 3.45. The average Bonchev–Trinajstić information content (AvgIpc) is 3.04. The second-order valence-electron chi connectivity index (χ2n) is 7.68. The number of aryl methyl sites for hydroxylation is 2. The minimum Gasteiger partial charge on any atom is -0.350 e. The number of nitrogens with zero attached hydrogens (tertiary/aromatic N) is 1. The lowest BCUT2D eigenvalue weighted by Crippen LogP contribution is -2.32. The predicted octanol–water partition coefficient (Wildman–Crippen LogP) is 5.25. The second-order valence-corrected chi connectivity index (χ2v) is 8.06. The molecule has 0 unspecified atom stereocenters. The molecule has 1 heterocycles. The van der Waals surface area contributed by atoms with Crippen molar-refractivity contribution in [1.29, 1.82) is 0 Å². The highest BCUT2D eigenvalue weighted by atomic mass is 35.5. The molecule has 0 aromatic heterocycles. The van der Waals surface area contributed by atoms with Gasteiger partial charge in [-0.15, -0.1) is 0 Å². The second kappa shape index (κ2) is 9.30. The van der Waals surface area contributed by atoms with Crippen molar-refractivity contribution in [2.45, 2.75) is 20.3 Å². The van der Waals surface area contributed by atoms with E-state index in [1.807, 2.05) is 50.2 Å². The van der Waals surface area contributed by atoms with Gasteiger partial charge >= 0.3 is 0 Å². The van der Waals surface area contributed by atoms with Gasteiger partial charge in [0.05, 0.1) is 5.69 Å². The molecule has 0 bridgehead atoms. The Kier molecular flexibility index (Phi) is 6.29. The Morgan fingerprint density at radius 2 is 1.61 bits per heavy atom. The van der Waals surface area contributed by atoms with E-state index in [1.54, 1.807) is 36.4 Å². The smallest absolute Gasteiger partial charge is 0.283 e. The summed E-state index contributed by atoms with van der Waals surface area (Å²) in [6, 6.07) is 21.3. The highest BCUT2D eigenvalue weighted by Crippen LogP contribution is 2.30. The van der Waals surface area contributed by atoms with E-state index >= 15 is 0 Å². The molecule has 0 saturated heterocycles. The molecular weight excluding hydrogens is 438 g/mol. The van der Waals surface area contributed by atoms with Crippen molar-refractivity contribution in [3.63, 3.8) is 0 Å². The van der Waals surface area contributed by atoms with Crippen molar-refractivity contribution in [3.05, 3.63) is 100 Å². The number of anilines is 3. The van der Waals surface area contributed by atoms with Gasteiger partial charge in [0.25, 0.3) is 17.7 Å². The van der Waals surface area contributed by atoms with Crippen molar-refractivity contribution in [1.82, 2.24) is 0 Å². The van der Waals surface area contributed by atoms with Gasteiger partial charge in [-0.3, -0.25) is 14.4 Å². The molecule has 0 radical (unpaired) electrons. The molecule has 3 aromatic rings. The zero-order valence-corrected chi connectivity index (χ0v) is 18.9. The van der Waals surface area contributed by atoms with E-state index < -0.39 is 11.8 Å². The zero-order valence-electron chi connectivity index (χ0n) is 18.2. The first-order valence-corrected chi connectivity index (χ1v) is 10.9. The molecule has 3 amide bonds. The van der Waals surface area contributed by atoms with Crippen LogP contribution in [0, 0.1) is 6.92 Å². The molecule has 0 saturated carbocycles. The summed E-state index contributed by atoms with van der Waals surface area (Å²) in [5.74, 6) is -1.44. The fraction of sp³-hybridized carbons (Fsp3) is 0.115. The van der Waals surface area contributed by atoms with Crippen LogP contribution >= 0.6 is 11.6 Å². The van der Waals surface area contributed by atoms with E-state index in [-0.39, 0.29) is 16.6 Å². The van der Waals surface area contributed by atoms with Crippen LogP contribution in [0.3, 0.4) is 0 Å². The van der Waals surface area contributed by atoms with Gasteiger partial charge in [-0.2, -0.15) is 0 Å². The van der Waals surface area contributed by atoms with E-state index in [1.165, 1.54) is 0 Å². The minimum atomic E-state index is -0.596. The highest BCUT2D eigenvalue weighted by Gasteiger charge is 2.38. The van der Waals surface area contributed by atoms with Gasteiger partial charge in [-0.1, -0.05) is 54.4 Å². The van der Waals surface area contributed by atoms with Gasteiger partial charge in [0.2, 0.25) is 0 Å². The third kappa shape index (κ3) is 4.66. The molecule has 166 valence electrons. The molecule has 7 heteroatoms. The van der Waals surface area contributed by atoms with Crippen LogP contribution in [0.25, 0.3) is 0 Å². The van der Waals surface area contributed by atoms with E-state index in [0.29, 0.717) is 22.6 Å². The Hall–Kier alpha value is -3.90. The van der Waals surface area contributed by atoms with Gasteiger partial charge < -0.3 is 10.6 Å². The molecule has 0 fully saturated rings. The summed E-state index contributed by atoms with van der Waals surface area (Å²) >= 11 is 6.22. The number of amides is 3. The summed E-state index contributed by atoms with van der Waals surface area (Å²) < 4.78 is 0. The molecule has 1 aliphatic rings. The van der Waals surface area contributed by atoms with Crippen LogP contribution in [-0.2, 0) is 16.0 Å². The normalized spacial score (nSPS) is 13.5. The number of carbonyl (C=O) groups is 3. The van der Waals surface area contributed by atoms with Crippen LogP contribution in [0.1, 0.15) is 28.4 Å². The van der Waals surface area contributed by atoms with Crippen molar-refractivity contribution in [2.75, 3.05) is 15.5 Å². The molecule has 33 heavy (non-hydrogen) atoms. The monoisotopic (exact) mass is 459 g/mol. The molecular formula is C26H22ClN3O3.